The van der Waals surface area contributed by atoms with Crippen LogP contribution in [-0.4, -0.2) is 31.4 Å². The molecule has 2 aromatic rings. The zero-order valence-corrected chi connectivity index (χ0v) is 15.4. The monoisotopic (exact) mass is 367 g/mol. The summed E-state index contributed by atoms with van der Waals surface area (Å²) in [5.41, 5.74) is 1.91. The molecular weight excluding hydrogens is 346 g/mol. The molecule has 1 aliphatic rings. The Morgan fingerprint density at radius 3 is 2.65 bits per heavy atom. The Kier molecular flexibility index (Phi) is 5.96. The van der Waals surface area contributed by atoms with Crippen molar-refractivity contribution in [3.63, 3.8) is 0 Å². The number of para-hydroxylation sites is 2. The van der Waals surface area contributed by atoms with E-state index in [9.17, 15) is 9.59 Å². The number of hydrogen-bond donors (Lipinski definition) is 2. The second kappa shape index (κ2) is 8.58. The Morgan fingerprint density at radius 1 is 1.15 bits per heavy atom. The molecule has 2 N–H and O–H groups in total. The van der Waals surface area contributed by atoms with Crippen LogP contribution in [0, 0.1) is 0 Å². The molecule has 0 aliphatic carbocycles. The molecule has 134 valence electrons. The van der Waals surface area contributed by atoms with E-state index < -0.39 is 0 Å². The summed E-state index contributed by atoms with van der Waals surface area (Å²) in [6, 6.07) is 17.6. The van der Waals surface area contributed by atoms with Gasteiger partial charge in [0.05, 0.1) is 10.6 Å². The summed E-state index contributed by atoms with van der Waals surface area (Å²) in [6.45, 7) is 4.15. The highest BCUT2D eigenvalue weighted by molar-refractivity contribution is 8.04. The lowest BCUT2D eigenvalue weighted by molar-refractivity contribution is -0.117. The number of amides is 2. The van der Waals surface area contributed by atoms with Crippen LogP contribution in [0.1, 0.15) is 6.92 Å². The first kappa shape index (κ1) is 18.1. The van der Waals surface area contributed by atoms with Crippen molar-refractivity contribution in [3.05, 3.63) is 65.6 Å². The van der Waals surface area contributed by atoms with Gasteiger partial charge in [0.2, 0.25) is 5.91 Å². The quantitative estimate of drug-likeness (QED) is 0.770. The van der Waals surface area contributed by atoms with Gasteiger partial charge in [0.15, 0.2) is 0 Å². The summed E-state index contributed by atoms with van der Waals surface area (Å²) in [5.74, 6) is -0.505. The molecule has 0 unspecified atom stereocenters. The Labute approximate surface area is 157 Å². The molecule has 0 bridgehead atoms. The van der Waals surface area contributed by atoms with E-state index in [1.165, 1.54) is 17.8 Å². The van der Waals surface area contributed by atoms with Gasteiger partial charge in [-0.05, 0) is 31.2 Å². The second-order valence-electron chi connectivity index (χ2n) is 5.77. The fraction of sp³-hybridized carbons (Fsp3) is 0.200. The number of nitrogens with zero attached hydrogens (tertiary/aromatic N) is 1. The Morgan fingerprint density at radius 2 is 1.88 bits per heavy atom. The van der Waals surface area contributed by atoms with E-state index in [-0.39, 0.29) is 11.8 Å². The molecule has 2 aromatic carbocycles. The van der Waals surface area contributed by atoms with Crippen molar-refractivity contribution in [1.29, 1.82) is 0 Å². The van der Waals surface area contributed by atoms with Gasteiger partial charge in [-0.1, -0.05) is 42.1 Å². The van der Waals surface area contributed by atoms with E-state index >= 15 is 0 Å². The minimum Gasteiger partial charge on any atom is -0.370 e. The van der Waals surface area contributed by atoms with Crippen molar-refractivity contribution < 1.29 is 9.59 Å². The molecule has 0 atom stereocenters. The fourth-order valence-corrected chi connectivity index (χ4v) is 3.62. The minimum atomic E-state index is -0.258. The lowest BCUT2D eigenvalue weighted by atomic mass is 10.3. The van der Waals surface area contributed by atoms with E-state index in [1.54, 1.807) is 0 Å². The van der Waals surface area contributed by atoms with Gasteiger partial charge in [-0.2, -0.15) is 0 Å². The predicted molar refractivity (Wildman–Crippen MR) is 106 cm³/mol. The molecule has 26 heavy (non-hydrogen) atoms. The number of thioether (sulfide) groups is 1. The second-order valence-corrected chi connectivity index (χ2v) is 6.85. The van der Waals surface area contributed by atoms with Gasteiger partial charge < -0.3 is 15.5 Å². The number of hydrogen-bond acceptors (Lipinski definition) is 4. The van der Waals surface area contributed by atoms with E-state index in [2.05, 4.69) is 22.5 Å². The molecule has 0 spiro atoms. The van der Waals surface area contributed by atoms with Crippen LogP contribution in [0.3, 0.4) is 0 Å². The van der Waals surface area contributed by atoms with Gasteiger partial charge >= 0.3 is 0 Å². The Balaban J connectivity index is 1.55. The van der Waals surface area contributed by atoms with Crippen LogP contribution in [0.5, 0.6) is 0 Å². The molecule has 1 aliphatic heterocycles. The van der Waals surface area contributed by atoms with Crippen LogP contribution < -0.4 is 15.5 Å². The maximum absolute atomic E-state index is 12.2. The molecule has 0 radical (unpaired) electrons. The van der Waals surface area contributed by atoms with Crippen molar-refractivity contribution in [2.75, 3.05) is 29.9 Å². The summed E-state index contributed by atoms with van der Waals surface area (Å²) < 4.78 is 0. The smallest absolute Gasteiger partial charge is 0.262 e. The zero-order valence-electron chi connectivity index (χ0n) is 14.6. The molecule has 2 amide bonds. The highest BCUT2D eigenvalue weighted by atomic mass is 32.2. The molecular formula is C20H21N3O2S. The molecule has 5 nitrogen and oxygen atoms in total. The van der Waals surface area contributed by atoms with Crippen LogP contribution in [0.15, 0.2) is 70.5 Å². The highest BCUT2D eigenvalue weighted by Gasteiger charge is 2.21. The van der Waals surface area contributed by atoms with Gasteiger partial charge in [-0.25, -0.2) is 0 Å². The number of carbonyl (C=O) groups excluding carboxylic acids is 2. The van der Waals surface area contributed by atoms with Crippen molar-refractivity contribution in [1.82, 2.24) is 5.32 Å². The zero-order chi connectivity index (χ0) is 18.4. The first-order valence-corrected chi connectivity index (χ1v) is 9.37. The largest absolute Gasteiger partial charge is 0.370 e. The van der Waals surface area contributed by atoms with Crippen LogP contribution in [0.25, 0.3) is 0 Å². The summed E-state index contributed by atoms with van der Waals surface area (Å²) in [5, 5.41) is 5.66. The van der Waals surface area contributed by atoms with Crippen LogP contribution in [0.4, 0.5) is 11.4 Å². The Hall–Kier alpha value is -2.73. The number of carbonyl (C=O) groups is 2. The van der Waals surface area contributed by atoms with E-state index in [0.29, 0.717) is 18.0 Å². The van der Waals surface area contributed by atoms with Crippen LogP contribution >= 0.6 is 11.8 Å². The molecule has 6 heteroatoms. The van der Waals surface area contributed by atoms with Crippen molar-refractivity contribution in [2.45, 2.75) is 11.8 Å². The summed E-state index contributed by atoms with van der Waals surface area (Å²) in [4.78, 5) is 27.8. The van der Waals surface area contributed by atoms with Gasteiger partial charge in [0, 0.05) is 36.3 Å². The van der Waals surface area contributed by atoms with Crippen molar-refractivity contribution in [2.24, 2.45) is 0 Å². The topological polar surface area (TPSA) is 61.4 Å². The van der Waals surface area contributed by atoms with Gasteiger partial charge in [0.1, 0.15) is 0 Å². The fourth-order valence-electron chi connectivity index (χ4n) is 2.70. The maximum Gasteiger partial charge on any atom is 0.262 e. The first-order chi connectivity index (χ1) is 12.7. The predicted octanol–water partition coefficient (Wildman–Crippen LogP) is 3.26. The lowest BCUT2D eigenvalue weighted by Gasteiger charge is -2.23. The maximum atomic E-state index is 12.2. The summed E-state index contributed by atoms with van der Waals surface area (Å²) >= 11 is 1.31. The van der Waals surface area contributed by atoms with E-state index in [0.717, 1.165) is 22.8 Å². The van der Waals surface area contributed by atoms with E-state index in [4.69, 9.17) is 0 Å². The van der Waals surface area contributed by atoms with Crippen LogP contribution in [-0.2, 0) is 9.59 Å². The normalized spacial score (nSPS) is 14.5. The molecule has 1 heterocycles. The van der Waals surface area contributed by atoms with Crippen molar-refractivity contribution >= 4 is 35.0 Å². The number of fused-ring (bicyclic) bond motifs is 1. The standard InChI is InChI=1S/C20H21N3O2S/c1-2-23(15-8-4-3-5-9-15)13-12-21-19(24)14-18-20(25)22-16-10-6-7-11-17(16)26-18/h3-11,14H,2,12-13H2,1H3,(H,21,24)(H,22,25). The third-order valence-corrected chi connectivity index (χ3v) is 5.12. The third kappa shape index (κ3) is 4.46. The summed E-state index contributed by atoms with van der Waals surface area (Å²) in [6.07, 6.45) is 1.37. The molecule has 0 aromatic heterocycles. The number of anilines is 2. The Bertz CT molecular complexity index is 821. The van der Waals surface area contributed by atoms with Gasteiger partial charge in [0.25, 0.3) is 5.91 Å². The molecule has 0 saturated carbocycles. The van der Waals surface area contributed by atoms with Gasteiger partial charge in [-0.15, -0.1) is 0 Å². The molecule has 0 fully saturated rings. The average Bonchev–Trinajstić information content (AvgIpc) is 2.66. The highest BCUT2D eigenvalue weighted by Crippen LogP contribution is 2.37. The van der Waals surface area contributed by atoms with Crippen LogP contribution in [0.2, 0.25) is 0 Å². The minimum absolute atomic E-state index is 0.247. The van der Waals surface area contributed by atoms with Crippen molar-refractivity contribution in [3.8, 4) is 0 Å². The van der Waals surface area contributed by atoms with E-state index in [1.807, 2.05) is 54.6 Å². The SMILES string of the molecule is CCN(CCNC(=O)C=C1Sc2ccccc2NC1=O)c1ccccc1. The number of benzene rings is 2. The first-order valence-electron chi connectivity index (χ1n) is 8.55. The number of likely N-dealkylation sites (N-methyl/N-ethyl adjacent to an activating group) is 1. The molecule has 3 rings (SSSR count). The average molecular weight is 367 g/mol. The van der Waals surface area contributed by atoms with Gasteiger partial charge in [-0.3, -0.25) is 9.59 Å². The third-order valence-electron chi connectivity index (χ3n) is 4.03. The number of rotatable bonds is 6. The summed E-state index contributed by atoms with van der Waals surface area (Å²) in [7, 11) is 0. The number of nitrogens with one attached hydrogen (secondary N) is 2. The lowest BCUT2D eigenvalue weighted by Crippen LogP contribution is -2.34. The molecule has 0 saturated heterocycles.